The Morgan fingerprint density at radius 3 is 2.55 bits per heavy atom. The monoisotopic (exact) mass is 486 g/mol. The molecule has 0 aliphatic carbocycles. The SMILES string of the molecule is CC(Oc1cc2c(cc1Cl)N(CCC(=O)O)C(=O)CO2)c1ncc[nH]1.NC(CO)(CO)CO. The smallest absolute Gasteiger partial charge is 0.305 e. The summed E-state index contributed by atoms with van der Waals surface area (Å²) in [6.07, 6.45) is 2.78. The minimum Gasteiger partial charge on any atom is -0.481 e. The van der Waals surface area contributed by atoms with Gasteiger partial charge in [0.15, 0.2) is 12.7 Å². The molecule has 2 heterocycles. The zero-order valence-electron chi connectivity index (χ0n) is 17.9. The first kappa shape index (κ1) is 26.4. The summed E-state index contributed by atoms with van der Waals surface area (Å²) < 4.78 is 11.3. The molecule has 1 atom stereocenters. The summed E-state index contributed by atoms with van der Waals surface area (Å²) in [4.78, 5) is 31.3. The fourth-order valence-electron chi connectivity index (χ4n) is 2.64. The van der Waals surface area contributed by atoms with Crippen molar-refractivity contribution < 1.29 is 39.5 Å². The molecule has 0 radical (unpaired) electrons. The standard InChI is InChI=1S/C16H16ClN3O5.C4H11NO3/c1-9(16-18-3-4-19-16)25-12-7-13-11(6-10(12)17)20(5-2-15(22)23)14(21)8-24-13;5-4(1-6,2-7)3-8/h3-4,6-7,9H,2,5,8H2,1H3,(H,18,19)(H,22,23);6-8H,1-3,5H2. The minimum atomic E-state index is -1.21. The number of halogens is 1. The fraction of sp³-hybridized carbons (Fsp3) is 0.450. The Bertz CT molecular complexity index is 928. The molecule has 13 heteroatoms. The first-order valence-corrected chi connectivity index (χ1v) is 10.3. The number of hydrogen-bond acceptors (Lipinski definition) is 9. The number of anilines is 1. The van der Waals surface area contributed by atoms with Gasteiger partial charge >= 0.3 is 5.97 Å². The first-order valence-electron chi connectivity index (χ1n) is 9.90. The van der Waals surface area contributed by atoms with Gasteiger partial charge in [0.05, 0.1) is 42.5 Å². The average molecular weight is 487 g/mol. The van der Waals surface area contributed by atoms with E-state index in [1.54, 1.807) is 24.5 Å². The number of aliphatic hydroxyl groups is 3. The number of carboxylic acid groups (broad SMARTS) is 1. The van der Waals surface area contributed by atoms with Gasteiger partial charge in [-0.05, 0) is 13.0 Å². The number of benzene rings is 1. The van der Waals surface area contributed by atoms with Crippen LogP contribution in [-0.2, 0) is 9.59 Å². The normalized spacial score (nSPS) is 14.0. The number of ether oxygens (including phenoxy) is 2. The highest BCUT2D eigenvalue weighted by Gasteiger charge is 2.28. The molecule has 33 heavy (non-hydrogen) atoms. The van der Waals surface area contributed by atoms with E-state index in [0.29, 0.717) is 23.0 Å². The molecule has 0 bridgehead atoms. The van der Waals surface area contributed by atoms with E-state index in [4.69, 9.17) is 47.2 Å². The molecule has 0 fully saturated rings. The number of aliphatic carboxylic acids is 1. The highest BCUT2D eigenvalue weighted by molar-refractivity contribution is 6.32. The van der Waals surface area contributed by atoms with Crippen LogP contribution in [-0.4, -0.2) is 80.8 Å². The zero-order chi connectivity index (χ0) is 24.6. The number of nitrogens with one attached hydrogen (secondary N) is 1. The van der Waals surface area contributed by atoms with Gasteiger partial charge in [-0.3, -0.25) is 9.59 Å². The van der Waals surface area contributed by atoms with E-state index in [1.165, 1.54) is 4.90 Å². The molecule has 0 saturated heterocycles. The van der Waals surface area contributed by atoms with E-state index in [2.05, 4.69) is 9.97 Å². The molecule has 2 aromatic rings. The van der Waals surface area contributed by atoms with Gasteiger partial charge in [-0.25, -0.2) is 4.98 Å². The van der Waals surface area contributed by atoms with Gasteiger partial charge in [-0.1, -0.05) is 11.6 Å². The van der Waals surface area contributed by atoms with Crippen LogP contribution < -0.4 is 20.1 Å². The molecule has 3 rings (SSSR count). The van der Waals surface area contributed by atoms with Crippen molar-refractivity contribution in [1.29, 1.82) is 0 Å². The third-order valence-electron chi connectivity index (χ3n) is 4.66. The van der Waals surface area contributed by atoms with E-state index in [1.807, 2.05) is 6.92 Å². The highest BCUT2D eigenvalue weighted by atomic mass is 35.5. The number of amides is 1. The van der Waals surface area contributed by atoms with Crippen LogP contribution in [0.15, 0.2) is 24.5 Å². The Labute approximate surface area is 194 Å². The molecular formula is C20H27ClN4O8. The number of nitrogens with zero attached hydrogens (tertiary/aromatic N) is 2. The number of imidazole rings is 1. The lowest BCUT2D eigenvalue weighted by atomic mass is 10.1. The zero-order valence-corrected chi connectivity index (χ0v) is 18.7. The van der Waals surface area contributed by atoms with Crippen LogP contribution in [0.25, 0.3) is 0 Å². The lowest BCUT2D eigenvalue weighted by Crippen LogP contribution is -2.50. The van der Waals surface area contributed by atoms with Crippen LogP contribution in [0.5, 0.6) is 11.5 Å². The number of aliphatic hydroxyl groups excluding tert-OH is 3. The number of carbonyl (C=O) groups excluding carboxylic acids is 1. The number of aromatic nitrogens is 2. The third-order valence-corrected chi connectivity index (χ3v) is 4.95. The van der Waals surface area contributed by atoms with Gasteiger partial charge in [-0.15, -0.1) is 0 Å². The number of nitrogens with two attached hydrogens (primary N) is 1. The molecule has 0 spiro atoms. The quantitative estimate of drug-likeness (QED) is 0.282. The third kappa shape index (κ3) is 7.04. The second kappa shape index (κ2) is 11.8. The summed E-state index contributed by atoms with van der Waals surface area (Å²) >= 11 is 6.28. The van der Waals surface area contributed by atoms with Crippen LogP contribution in [0.4, 0.5) is 5.69 Å². The summed E-state index contributed by atoms with van der Waals surface area (Å²) in [7, 11) is 0. The second-order valence-corrected chi connectivity index (χ2v) is 7.71. The van der Waals surface area contributed by atoms with E-state index < -0.39 is 31.3 Å². The Kier molecular flexibility index (Phi) is 9.44. The van der Waals surface area contributed by atoms with E-state index >= 15 is 0 Å². The van der Waals surface area contributed by atoms with Crippen LogP contribution in [0.1, 0.15) is 25.3 Å². The number of fused-ring (bicyclic) bond motifs is 1. The Balaban J connectivity index is 0.000000414. The maximum Gasteiger partial charge on any atom is 0.305 e. The van der Waals surface area contributed by atoms with Crippen molar-refractivity contribution in [3.05, 3.63) is 35.4 Å². The number of carboxylic acids is 1. The molecule has 12 nitrogen and oxygen atoms in total. The molecule has 1 aliphatic rings. The first-order chi connectivity index (χ1) is 15.6. The maximum absolute atomic E-state index is 12.0. The predicted molar refractivity (Wildman–Crippen MR) is 117 cm³/mol. The molecule has 7 N–H and O–H groups in total. The highest BCUT2D eigenvalue weighted by Crippen LogP contribution is 2.41. The van der Waals surface area contributed by atoms with Crippen molar-refractivity contribution in [3.63, 3.8) is 0 Å². The van der Waals surface area contributed by atoms with Gasteiger partial charge in [0.25, 0.3) is 5.91 Å². The topological polar surface area (TPSA) is 191 Å². The van der Waals surface area contributed by atoms with E-state index in [0.717, 1.165) is 0 Å². The summed E-state index contributed by atoms with van der Waals surface area (Å²) in [5.41, 5.74) is 4.37. The Hall–Kier alpha value is -2.90. The van der Waals surface area contributed by atoms with Crippen molar-refractivity contribution in [1.82, 2.24) is 9.97 Å². The van der Waals surface area contributed by atoms with Crippen LogP contribution in [0.3, 0.4) is 0 Å². The number of aromatic amines is 1. The Morgan fingerprint density at radius 2 is 2.03 bits per heavy atom. The number of rotatable bonds is 9. The van der Waals surface area contributed by atoms with Gasteiger partial charge in [0.2, 0.25) is 0 Å². The molecule has 1 aliphatic heterocycles. The van der Waals surface area contributed by atoms with Crippen molar-refractivity contribution in [2.24, 2.45) is 5.73 Å². The van der Waals surface area contributed by atoms with Crippen molar-refractivity contribution in [3.8, 4) is 11.5 Å². The summed E-state index contributed by atoms with van der Waals surface area (Å²) in [5.74, 6) is 0.141. The molecule has 0 saturated carbocycles. The Morgan fingerprint density at radius 1 is 1.36 bits per heavy atom. The number of H-pyrrole nitrogens is 1. The average Bonchev–Trinajstić information content (AvgIpc) is 3.34. The van der Waals surface area contributed by atoms with Crippen LogP contribution >= 0.6 is 11.6 Å². The summed E-state index contributed by atoms with van der Waals surface area (Å²) in [5, 5.41) is 34.2. The molecule has 1 aromatic heterocycles. The molecule has 1 aromatic carbocycles. The molecular weight excluding hydrogens is 460 g/mol. The van der Waals surface area contributed by atoms with Crippen molar-refractivity contribution in [2.75, 3.05) is 37.9 Å². The van der Waals surface area contributed by atoms with Crippen LogP contribution in [0, 0.1) is 0 Å². The lowest BCUT2D eigenvalue weighted by molar-refractivity contribution is -0.136. The molecule has 1 unspecified atom stereocenters. The molecule has 182 valence electrons. The van der Waals surface area contributed by atoms with Crippen LogP contribution in [0.2, 0.25) is 5.02 Å². The minimum absolute atomic E-state index is 0.0455. The second-order valence-electron chi connectivity index (χ2n) is 7.30. The summed E-state index contributed by atoms with van der Waals surface area (Å²) in [6.45, 7) is 0.490. The van der Waals surface area contributed by atoms with Gasteiger partial charge < -0.3 is 45.5 Å². The maximum atomic E-state index is 12.0. The van der Waals surface area contributed by atoms with Gasteiger partial charge in [-0.2, -0.15) is 0 Å². The van der Waals surface area contributed by atoms with E-state index in [-0.39, 0.29) is 36.6 Å². The summed E-state index contributed by atoms with van der Waals surface area (Å²) in [6, 6.07) is 3.14. The van der Waals surface area contributed by atoms with Gasteiger partial charge in [0.1, 0.15) is 17.3 Å². The number of carbonyl (C=O) groups is 2. The lowest BCUT2D eigenvalue weighted by Gasteiger charge is -2.30. The van der Waals surface area contributed by atoms with Gasteiger partial charge in [0, 0.05) is 25.0 Å². The van der Waals surface area contributed by atoms with E-state index in [9.17, 15) is 9.59 Å². The largest absolute Gasteiger partial charge is 0.481 e. The van der Waals surface area contributed by atoms with Crippen molar-refractivity contribution >= 4 is 29.2 Å². The molecule has 1 amide bonds. The van der Waals surface area contributed by atoms with Crippen molar-refractivity contribution in [2.45, 2.75) is 25.0 Å². The number of hydrogen-bond donors (Lipinski definition) is 6. The fourth-order valence-corrected chi connectivity index (χ4v) is 2.84. The predicted octanol–water partition coefficient (Wildman–Crippen LogP) is 0.0640.